The van der Waals surface area contributed by atoms with Crippen molar-refractivity contribution < 1.29 is 22.7 Å². The SMILES string of the molecule is COC(=O)N1CCC(c2cccc(C(F)(F)F)c2)C1. The van der Waals surface area contributed by atoms with Gasteiger partial charge in [0.15, 0.2) is 0 Å². The predicted molar refractivity (Wildman–Crippen MR) is 62.8 cm³/mol. The highest BCUT2D eigenvalue weighted by molar-refractivity contribution is 5.68. The normalized spacial score (nSPS) is 19.6. The third-order valence-electron chi connectivity index (χ3n) is 3.31. The number of ether oxygens (including phenoxy) is 1. The van der Waals surface area contributed by atoms with Gasteiger partial charge in [0.2, 0.25) is 0 Å². The number of methoxy groups -OCH3 is 1. The van der Waals surface area contributed by atoms with Crippen LogP contribution in [0.3, 0.4) is 0 Å². The molecular weight excluding hydrogens is 259 g/mol. The molecule has 0 aromatic heterocycles. The van der Waals surface area contributed by atoms with Gasteiger partial charge in [0.05, 0.1) is 12.7 Å². The van der Waals surface area contributed by atoms with Gasteiger partial charge in [-0.3, -0.25) is 0 Å². The fourth-order valence-electron chi connectivity index (χ4n) is 2.30. The van der Waals surface area contributed by atoms with Crippen LogP contribution in [0.5, 0.6) is 0 Å². The van der Waals surface area contributed by atoms with E-state index in [1.165, 1.54) is 18.1 Å². The average molecular weight is 273 g/mol. The van der Waals surface area contributed by atoms with Crippen molar-refractivity contribution in [2.45, 2.75) is 18.5 Å². The van der Waals surface area contributed by atoms with Crippen molar-refractivity contribution in [2.75, 3.05) is 20.2 Å². The molecule has 6 heteroatoms. The molecule has 1 unspecified atom stereocenters. The van der Waals surface area contributed by atoms with E-state index in [-0.39, 0.29) is 5.92 Å². The largest absolute Gasteiger partial charge is 0.453 e. The van der Waals surface area contributed by atoms with E-state index < -0.39 is 17.8 Å². The smallest absolute Gasteiger partial charge is 0.416 e. The van der Waals surface area contributed by atoms with Gasteiger partial charge in [0.1, 0.15) is 0 Å². The summed E-state index contributed by atoms with van der Waals surface area (Å²) in [5, 5.41) is 0. The predicted octanol–water partition coefficient (Wildman–Crippen LogP) is 3.26. The van der Waals surface area contributed by atoms with E-state index in [4.69, 9.17) is 0 Å². The van der Waals surface area contributed by atoms with Gasteiger partial charge in [-0.05, 0) is 18.1 Å². The molecule has 1 fully saturated rings. The monoisotopic (exact) mass is 273 g/mol. The summed E-state index contributed by atoms with van der Waals surface area (Å²) in [5.74, 6) is -0.0681. The summed E-state index contributed by atoms with van der Waals surface area (Å²) < 4.78 is 42.5. The Morgan fingerprint density at radius 2 is 2.16 bits per heavy atom. The quantitative estimate of drug-likeness (QED) is 0.786. The van der Waals surface area contributed by atoms with Crippen molar-refractivity contribution in [1.29, 1.82) is 0 Å². The summed E-state index contributed by atoms with van der Waals surface area (Å²) in [6.07, 6.45) is -4.12. The lowest BCUT2D eigenvalue weighted by Gasteiger charge is -2.15. The average Bonchev–Trinajstić information content (AvgIpc) is 2.86. The van der Waals surface area contributed by atoms with Crippen LogP contribution in [0, 0.1) is 0 Å². The molecule has 0 radical (unpaired) electrons. The second-order valence-corrected chi connectivity index (χ2v) is 4.52. The standard InChI is InChI=1S/C13H14F3NO2/c1-19-12(18)17-6-5-10(8-17)9-3-2-4-11(7-9)13(14,15)16/h2-4,7,10H,5-6,8H2,1H3. The van der Waals surface area contributed by atoms with Gasteiger partial charge in [0.25, 0.3) is 0 Å². The molecule has 19 heavy (non-hydrogen) atoms. The molecule has 1 aliphatic rings. The summed E-state index contributed by atoms with van der Waals surface area (Å²) in [6, 6.07) is 5.28. The van der Waals surface area contributed by atoms with E-state index in [1.807, 2.05) is 0 Å². The second kappa shape index (κ2) is 5.11. The van der Waals surface area contributed by atoms with Crippen molar-refractivity contribution in [3.63, 3.8) is 0 Å². The maximum Gasteiger partial charge on any atom is 0.416 e. The van der Waals surface area contributed by atoms with Crippen LogP contribution in [-0.4, -0.2) is 31.2 Å². The number of carbonyl (C=O) groups excluding carboxylic acids is 1. The van der Waals surface area contributed by atoms with Gasteiger partial charge in [-0.1, -0.05) is 18.2 Å². The summed E-state index contributed by atoms with van der Waals surface area (Å²) in [5.41, 5.74) is -0.0391. The Morgan fingerprint density at radius 1 is 1.42 bits per heavy atom. The Morgan fingerprint density at radius 3 is 2.79 bits per heavy atom. The van der Waals surface area contributed by atoms with Crippen LogP contribution in [-0.2, 0) is 10.9 Å². The zero-order valence-electron chi connectivity index (χ0n) is 10.4. The third kappa shape index (κ3) is 3.00. The molecule has 1 atom stereocenters. The number of amides is 1. The van der Waals surface area contributed by atoms with Crippen molar-refractivity contribution in [3.05, 3.63) is 35.4 Å². The van der Waals surface area contributed by atoms with E-state index in [2.05, 4.69) is 4.74 Å². The molecule has 0 saturated carbocycles. The lowest BCUT2D eigenvalue weighted by atomic mass is 9.96. The van der Waals surface area contributed by atoms with Crippen molar-refractivity contribution in [3.8, 4) is 0 Å². The first-order valence-electron chi connectivity index (χ1n) is 5.92. The highest BCUT2D eigenvalue weighted by Gasteiger charge is 2.32. The molecular formula is C13H14F3NO2. The molecule has 1 saturated heterocycles. The fraction of sp³-hybridized carbons (Fsp3) is 0.462. The van der Waals surface area contributed by atoms with Crippen LogP contribution >= 0.6 is 0 Å². The summed E-state index contributed by atoms with van der Waals surface area (Å²) >= 11 is 0. The van der Waals surface area contributed by atoms with E-state index in [0.29, 0.717) is 25.1 Å². The molecule has 1 aromatic carbocycles. The lowest BCUT2D eigenvalue weighted by molar-refractivity contribution is -0.137. The van der Waals surface area contributed by atoms with Crippen LogP contribution in [0.2, 0.25) is 0 Å². The molecule has 1 aromatic rings. The van der Waals surface area contributed by atoms with Crippen LogP contribution < -0.4 is 0 Å². The molecule has 2 rings (SSSR count). The summed E-state index contributed by atoms with van der Waals surface area (Å²) in [7, 11) is 1.29. The van der Waals surface area contributed by atoms with Crippen LogP contribution in [0.15, 0.2) is 24.3 Å². The van der Waals surface area contributed by atoms with E-state index in [9.17, 15) is 18.0 Å². The topological polar surface area (TPSA) is 29.5 Å². The first-order valence-corrected chi connectivity index (χ1v) is 5.92. The molecule has 3 nitrogen and oxygen atoms in total. The molecule has 0 spiro atoms. The minimum atomic E-state index is -4.34. The van der Waals surface area contributed by atoms with Gasteiger partial charge in [0, 0.05) is 19.0 Å². The molecule has 1 aliphatic heterocycles. The Labute approximate surface area is 109 Å². The molecule has 1 heterocycles. The number of hydrogen-bond acceptors (Lipinski definition) is 2. The summed E-state index contributed by atoms with van der Waals surface area (Å²) in [6.45, 7) is 0.904. The Balaban J connectivity index is 2.14. The first kappa shape index (κ1) is 13.7. The number of benzene rings is 1. The number of rotatable bonds is 1. The maximum absolute atomic E-state index is 12.6. The molecule has 0 N–H and O–H groups in total. The molecule has 0 bridgehead atoms. The van der Waals surface area contributed by atoms with Crippen LogP contribution in [0.1, 0.15) is 23.5 Å². The van der Waals surface area contributed by atoms with Gasteiger partial charge in [-0.15, -0.1) is 0 Å². The zero-order valence-corrected chi connectivity index (χ0v) is 10.4. The highest BCUT2D eigenvalue weighted by atomic mass is 19.4. The number of carbonyl (C=O) groups is 1. The summed E-state index contributed by atoms with van der Waals surface area (Å²) in [4.78, 5) is 12.8. The Hall–Kier alpha value is -1.72. The van der Waals surface area contributed by atoms with Crippen molar-refractivity contribution in [2.24, 2.45) is 0 Å². The van der Waals surface area contributed by atoms with Gasteiger partial charge in [-0.2, -0.15) is 13.2 Å². The minimum Gasteiger partial charge on any atom is -0.453 e. The number of nitrogens with zero attached hydrogens (tertiary/aromatic N) is 1. The van der Waals surface area contributed by atoms with E-state index in [0.717, 1.165) is 12.1 Å². The van der Waals surface area contributed by atoms with Crippen molar-refractivity contribution >= 4 is 6.09 Å². The minimum absolute atomic E-state index is 0.0681. The molecule has 0 aliphatic carbocycles. The Kier molecular flexibility index (Phi) is 3.68. The third-order valence-corrected chi connectivity index (χ3v) is 3.31. The number of alkyl halides is 3. The lowest BCUT2D eigenvalue weighted by Crippen LogP contribution is -2.28. The number of hydrogen-bond donors (Lipinski definition) is 0. The molecule has 1 amide bonds. The zero-order chi connectivity index (χ0) is 14.0. The van der Waals surface area contributed by atoms with Gasteiger partial charge >= 0.3 is 12.3 Å². The van der Waals surface area contributed by atoms with E-state index >= 15 is 0 Å². The Bertz CT molecular complexity index is 473. The van der Waals surface area contributed by atoms with E-state index in [1.54, 1.807) is 6.07 Å². The van der Waals surface area contributed by atoms with Gasteiger partial charge < -0.3 is 9.64 Å². The fourth-order valence-corrected chi connectivity index (χ4v) is 2.30. The van der Waals surface area contributed by atoms with Crippen LogP contribution in [0.4, 0.5) is 18.0 Å². The highest BCUT2D eigenvalue weighted by Crippen LogP contribution is 2.33. The maximum atomic E-state index is 12.6. The van der Waals surface area contributed by atoms with Crippen molar-refractivity contribution in [1.82, 2.24) is 4.90 Å². The molecule has 104 valence electrons. The number of halogens is 3. The van der Waals surface area contributed by atoms with Crippen LogP contribution in [0.25, 0.3) is 0 Å². The van der Waals surface area contributed by atoms with Gasteiger partial charge in [-0.25, -0.2) is 4.79 Å². The second-order valence-electron chi connectivity index (χ2n) is 4.52. The first-order chi connectivity index (χ1) is 8.91. The number of likely N-dealkylation sites (tertiary alicyclic amines) is 1.